The van der Waals surface area contributed by atoms with E-state index in [0.717, 1.165) is 23.3 Å². The van der Waals surface area contributed by atoms with Crippen LogP contribution in [0.5, 0.6) is 17.2 Å². The highest BCUT2D eigenvalue weighted by atomic mass is 35.5. The number of carbonyl (C=O) groups excluding carboxylic acids is 1. The molecule has 1 aliphatic heterocycles. The first kappa shape index (κ1) is 19.4. The lowest BCUT2D eigenvalue weighted by atomic mass is 10.00. The van der Waals surface area contributed by atoms with Gasteiger partial charge in [-0.1, -0.05) is 17.7 Å². The van der Waals surface area contributed by atoms with Crippen LogP contribution >= 0.6 is 11.6 Å². The maximum atomic E-state index is 12.5. The van der Waals surface area contributed by atoms with Gasteiger partial charge >= 0.3 is 0 Å². The molecule has 2 aromatic rings. The number of amides is 1. The number of benzene rings is 2. The molecule has 0 aromatic heterocycles. The van der Waals surface area contributed by atoms with Crippen molar-refractivity contribution in [3.8, 4) is 17.2 Å². The summed E-state index contributed by atoms with van der Waals surface area (Å²) in [5.41, 5.74) is 1.96. The summed E-state index contributed by atoms with van der Waals surface area (Å²) in [5, 5.41) is 3.74. The predicted molar refractivity (Wildman–Crippen MR) is 105 cm³/mol. The summed E-state index contributed by atoms with van der Waals surface area (Å²) in [6.07, 6.45) is 1.75. The fourth-order valence-corrected chi connectivity index (χ4v) is 3.36. The lowest BCUT2D eigenvalue weighted by molar-refractivity contribution is -0.122. The van der Waals surface area contributed by atoms with Gasteiger partial charge in [-0.25, -0.2) is 0 Å². The highest BCUT2D eigenvalue weighted by Crippen LogP contribution is 2.34. The Balaban J connectivity index is 1.60. The van der Waals surface area contributed by atoms with Gasteiger partial charge in [0.2, 0.25) is 5.91 Å². The quantitative estimate of drug-likeness (QED) is 0.766. The average molecular weight is 390 g/mol. The molecule has 1 aliphatic rings. The topological polar surface area (TPSA) is 56.8 Å². The van der Waals surface area contributed by atoms with Crippen molar-refractivity contribution in [3.05, 3.63) is 52.5 Å². The number of halogens is 1. The van der Waals surface area contributed by atoms with Crippen LogP contribution in [-0.4, -0.2) is 26.2 Å². The highest BCUT2D eigenvalue weighted by molar-refractivity contribution is 6.30. The number of aryl methyl sites for hydroxylation is 1. The molecule has 0 saturated heterocycles. The van der Waals surface area contributed by atoms with Crippen LogP contribution in [0.25, 0.3) is 0 Å². The molecule has 0 bridgehead atoms. The van der Waals surface area contributed by atoms with Crippen LogP contribution < -0.4 is 19.5 Å². The first-order valence-corrected chi connectivity index (χ1v) is 9.49. The standard InChI is InChI=1S/C21H24ClNO4/c1-3-26-19-7-4-14(12-20(19)25-2)5-9-21(24)23-17-10-11-27-18-8-6-15(22)13-16(17)18/h4,6-8,12-13,17H,3,5,9-11H2,1-2H3,(H,23,24). The first-order chi connectivity index (χ1) is 13.1. The van der Waals surface area contributed by atoms with Gasteiger partial charge in [0.25, 0.3) is 0 Å². The van der Waals surface area contributed by atoms with Gasteiger partial charge in [-0.2, -0.15) is 0 Å². The Morgan fingerprint density at radius 2 is 2.11 bits per heavy atom. The summed E-state index contributed by atoms with van der Waals surface area (Å²) in [4.78, 5) is 12.5. The minimum atomic E-state index is -0.0742. The van der Waals surface area contributed by atoms with Crippen molar-refractivity contribution in [2.24, 2.45) is 0 Å². The Labute approximate surface area is 164 Å². The molecule has 1 unspecified atom stereocenters. The molecule has 0 saturated carbocycles. The molecule has 5 nitrogen and oxygen atoms in total. The predicted octanol–water partition coefficient (Wildman–Crippen LogP) is 4.32. The maximum Gasteiger partial charge on any atom is 0.220 e. The van der Waals surface area contributed by atoms with Crippen LogP contribution in [-0.2, 0) is 11.2 Å². The van der Waals surface area contributed by atoms with E-state index < -0.39 is 0 Å². The second-order valence-electron chi connectivity index (χ2n) is 6.36. The number of fused-ring (bicyclic) bond motifs is 1. The van der Waals surface area contributed by atoms with E-state index in [1.54, 1.807) is 13.2 Å². The molecule has 0 spiro atoms. The first-order valence-electron chi connectivity index (χ1n) is 9.12. The zero-order valence-electron chi connectivity index (χ0n) is 15.6. The second-order valence-corrected chi connectivity index (χ2v) is 6.79. The fourth-order valence-electron chi connectivity index (χ4n) is 3.18. The maximum absolute atomic E-state index is 12.5. The Morgan fingerprint density at radius 1 is 1.26 bits per heavy atom. The Bertz CT molecular complexity index is 809. The van der Waals surface area contributed by atoms with Crippen molar-refractivity contribution in [2.75, 3.05) is 20.3 Å². The molecule has 0 aliphatic carbocycles. The Kier molecular flexibility index (Phi) is 6.45. The van der Waals surface area contributed by atoms with Gasteiger partial charge in [-0.05, 0) is 49.2 Å². The molecule has 27 heavy (non-hydrogen) atoms. The van der Waals surface area contributed by atoms with Gasteiger partial charge in [0.1, 0.15) is 5.75 Å². The van der Waals surface area contributed by atoms with Crippen LogP contribution in [0.4, 0.5) is 0 Å². The molecule has 1 N–H and O–H groups in total. The van der Waals surface area contributed by atoms with Crippen LogP contribution in [0.3, 0.4) is 0 Å². The zero-order valence-corrected chi connectivity index (χ0v) is 16.3. The van der Waals surface area contributed by atoms with Crippen LogP contribution in [0.15, 0.2) is 36.4 Å². The third kappa shape index (κ3) is 4.86. The SMILES string of the molecule is CCOc1ccc(CCC(=O)NC2CCOc3ccc(Cl)cc32)cc1OC. The number of hydrogen-bond donors (Lipinski definition) is 1. The molecule has 6 heteroatoms. The Morgan fingerprint density at radius 3 is 2.89 bits per heavy atom. The van der Waals surface area contributed by atoms with Crippen molar-refractivity contribution in [2.45, 2.75) is 32.2 Å². The van der Waals surface area contributed by atoms with E-state index in [1.165, 1.54) is 0 Å². The minimum absolute atomic E-state index is 0.000627. The largest absolute Gasteiger partial charge is 0.493 e. The molecule has 0 radical (unpaired) electrons. The van der Waals surface area contributed by atoms with E-state index in [0.29, 0.717) is 42.6 Å². The van der Waals surface area contributed by atoms with Gasteiger partial charge in [0, 0.05) is 23.4 Å². The summed E-state index contributed by atoms with van der Waals surface area (Å²) < 4.78 is 16.5. The van der Waals surface area contributed by atoms with E-state index in [2.05, 4.69) is 5.32 Å². The van der Waals surface area contributed by atoms with E-state index in [1.807, 2.05) is 37.3 Å². The molecular weight excluding hydrogens is 366 g/mol. The number of methoxy groups -OCH3 is 1. The molecule has 144 valence electrons. The number of carbonyl (C=O) groups is 1. The smallest absolute Gasteiger partial charge is 0.220 e. The van der Waals surface area contributed by atoms with Crippen LogP contribution in [0, 0.1) is 0 Å². The molecular formula is C21H24ClNO4. The Hall–Kier alpha value is -2.40. The van der Waals surface area contributed by atoms with Crippen molar-refractivity contribution < 1.29 is 19.0 Å². The molecule has 2 aromatic carbocycles. The second kappa shape index (κ2) is 9.00. The molecule has 1 atom stereocenters. The van der Waals surface area contributed by atoms with Gasteiger partial charge in [-0.3, -0.25) is 4.79 Å². The van der Waals surface area contributed by atoms with Crippen molar-refractivity contribution in [3.63, 3.8) is 0 Å². The zero-order chi connectivity index (χ0) is 19.2. The summed E-state index contributed by atoms with van der Waals surface area (Å²) >= 11 is 6.09. The van der Waals surface area contributed by atoms with E-state index in [4.69, 9.17) is 25.8 Å². The lowest BCUT2D eigenvalue weighted by Gasteiger charge is -2.27. The van der Waals surface area contributed by atoms with E-state index >= 15 is 0 Å². The minimum Gasteiger partial charge on any atom is -0.493 e. The summed E-state index contributed by atoms with van der Waals surface area (Å²) in [6, 6.07) is 11.2. The normalized spacial score (nSPS) is 15.4. The van der Waals surface area contributed by atoms with Gasteiger partial charge in [-0.15, -0.1) is 0 Å². The van der Waals surface area contributed by atoms with Gasteiger partial charge in [0.05, 0.1) is 26.4 Å². The highest BCUT2D eigenvalue weighted by Gasteiger charge is 2.23. The molecule has 0 fully saturated rings. The van der Waals surface area contributed by atoms with Crippen molar-refractivity contribution in [1.82, 2.24) is 5.32 Å². The van der Waals surface area contributed by atoms with Gasteiger partial charge in [0.15, 0.2) is 11.5 Å². The fraction of sp³-hybridized carbons (Fsp3) is 0.381. The van der Waals surface area contributed by atoms with Crippen molar-refractivity contribution in [1.29, 1.82) is 0 Å². The number of ether oxygens (including phenoxy) is 3. The molecule has 1 amide bonds. The molecule has 3 rings (SSSR count). The summed E-state index contributed by atoms with van der Waals surface area (Å²) in [6.45, 7) is 3.09. The van der Waals surface area contributed by atoms with Gasteiger partial charge < -0.3 is 19.5 Å². The number of rotatable bonds is 7. The number of nitrogens with one attached hydrogen (secondary N) is 1. The third-order valence-electron chi connectivity index (χ3n) is 4.52. The lowest BCUT2D eigenvalue weighted by Crippen LogP contribution is -2.32. The summed E-state index contributed by atoms with van der Waals surface area (Å²) in [7, 11) is 1.61. The van der Waals surface area contributed by atoms with Crippen molar-refractivity contribution >= 4 is 17.5 Å². The molecule has 1 heterocycles. The average Bonchev–Trinajstić information content (AvgIpc) is 2.68. The number of hydrogen-bond acceptors (Lipinski definition) is 4. The third-order valence-corrected chi connectivity index (χ3v) is 4.75. The van der Waals surface area contributed by atoms with E-state index in [-0.39, 0.29) is 11.9 Å². The van der Waals surface area contributed by atoms with E-state index in [9.17, 15) is 4.79 Å². The summed E-state index contributed by atoms with van der Waals surface area (Å²) in [5.74, 6) is 2.18. The van der Waals surface area contributed by atoms with Crippen LogP contribution in [0.2, 0.25) is 5.02 Å². The monoisotopic (exact) mass is 389 g/mol. The van der Waals surface area contributed by atoms with Crippen LogP contribution in [0.1, 0.15) is 36.9 Å².